The zero-order valence-corrected chi connectivity index (χ0v) is 8.52. The van der Waals surface area contributed by atoms with E-state index in [1.54, 1.807) is 24.3 Å². The molecule has 0 fully saturated rings. The molecule has 0 atom stereocenters. The average Bonchev–Trinajstić information content (AvgIpc) is 2.59. The van der Waals surface area contributed by atoms with Crippen LogP contribution in [0.25, 0.3) is 5.69 Å². The van der Waals surface area contributed by atoms with Crippen LogP contribution in [0.3, 0.4) is 0 Å². The number of halogens is 1. The van der Waals surface area contributed by atoms with Gasteiger partial charge in [0.1, 0.15) is 10.9 Å². The summed E-state index contributed by atoms with van der Waals surface area (Å²) in [4.78, 5) is 0. The molecular weight excluding hydrogens is 216 g/mol. The first-order valence-electron chi connectivity index (χ1n) is 4.35. The van der Waals surface area contributed by atoms with Crippen molar-refractivity contribution in [3.8, 4) is 11.4 Å². The van der Waals surface area contributed by atoms with E-state index in [0.717, 1.165) is 0 Å². The van der Waals surface area contributed by atoms with Gasteiger partial charge in [-0.15, -0.1) is 0 Å². The fourth-order valence-corrected chi connectivity index (χ4v) is 1.53. The Kier molecular flexibility index (Phi) is 2.62. The van der Waals surface area contributed by atoms with Gasteiger partial charge in [0.25, 0.3) is 0 Å². The van der Waals surface area contributed by atoms with Gasteiger partial charge < -0.3 is 10.2 Å². The Bertz CT molecular complexity index is 482. The van der Waals surface area contributed by atoms with Crippen LogP contribution < -0.4 is 0 Å². The third kappa shape index (κ3) is 1.82. The third-order valence-corrected chi connectivity index (χ3v) is 2.43. The Balaban J connectivity index is 2.49. The maximum Gasteiger partial charge on any atom is 0.138 e. The molecule has 15 heavy (non-hydrogen) atoms. The maximum absolute atomic E-state index is 9.30. The lowest BCUT2D eigenvalue weighted by Gasteiger charge is -2.03. The van der Waals surface area contributed by atoms with E-state index in [4.69, 9.17) is 16.7 Å². The highest BCUT2D eigenvalue weighted by Gasteiger charge is 2.09. The number of aliphatic hydroxyl groups is 1. The smallest absolute Gasteiger partial charge is 0.138 e. The topological polar surface area (TPSA) is 58.3 Å². The molecule has 0 bridgehead atoms. The van der Waals surface area contributed by atoms with Crippen LogP contribution in [0.4, 0.5) is 0 Å². The number of benzene rings is 1. The van der Waals surface area contributed by atoms with E-state index in [1.807, 2.05) is 0 Å². The van der Waals surface area contributed by atoms with Gasteiger partial charge in [-0.3, -0.25) is 0 Å². The summed E-state index contributed by atoms with van der Waals surface area (Å²) in [6, 6.07) is 6.56. The van der Waals surface area contributed by atoms with Crippen LogP contribution >= 0.6 is 11.6 Å². The van der Waals surface area contributed by atoms with Crippen LogP contribution in [0, 0.1) is 0 Å². The molecule has 0 aliphatic carbocycles. The number of aliphatic hydroxyl groups excluding tert-OH is 1. The lowest BCUT2D eigenvalue weighted by Crippen LogP contribution is -1.96. The number of aromatic nitrogens is 2. The van der Waals surface area contributed by atoms with E-state index >= 15 is 0 Å². The molecular formula is C10H9ClN2O2. The molecule has 2 aromatic rings. The van der Waals surface area contributed by atoms with Gasteiger partial charge in [0.15, 0.2) is 0 Å². The zero-order chi connectivity index (χ0) is 10.8. The van der Waals surface area contributed by atoms with Gasteiger partial charge in [-0.05, 0) is 12.1 Å². The van der Waals surface area contributed by atoms with Gasteiger partial charge in [-0.25, -0.2) is 4.68 Å². The van der Waals surface area contributed by atoms with Gasteiger partial charge in [0.05, 0.1) is 18.5 Å². The van der Waals surface area contributed by atoms with Gasteiger partial charge in [0.2, 0.25) is 0 Å². The minimum Gasteiger partial charge on any atom is -0.508 e. The van der Waals surface area contributed by atoms with Gasteiger partial charge >= 0.3 is 0 Å². The van der Waals surface area contributed by atoms with Crippen molar-refractivity contribution in [3.63, 3.8) is 0 Å². The van der Waals surface area contributed by atoms with Crippen molar-refractivity contribution >= 4 is 11.6 Å². The molecule has 2 rings (SSSR count). The van der Waals surface area contributed by atoms with Crippen LogP contribution in [0.5, 0.6) is 5.75 Å². The SMILES string of the molecule is OCc1cnn(-c2cccc(O)c2)c1Cl. The highest BCUT2D eigenvalue weighted by Crippen LogP contribution is 2.22. The molecule has 1 heterocycles. The standard InChI is InChI=1S/C10H9ClN2O2/c11-10-7(6-14)5-12-13(10)8-2-1-3-9(15)4-8/h1-5,14-15H,6H2. The second-order valence-electron chi connectivity index (χ2n) is 3.05. The first kappa shape index (κ1) is 10.0. The lowest BCUT2D eigenvalue weighted by molar-refractivity contribution is 0.282. The van der Waals surface area contributed by atoms with Gasteiger partial charge in [0, 0.05) is 11.6 Å². The van der Waals surface area contributed by atoms with Crippen molar-refractivity contribution in [2.45, 2.75) is 6.61 Å². The largest absolute Gasteiger partial charge is 0.508 e. The molecule has 0 spiro atoms. The molecule has 4 nitrogen and oxygen atoms in total. The number of nitrogens with zero attached hydrogens (tertiary/aromatic N) is 2. The molecule has 0 saturated heterocycles. The number of phenols is 1. The van der Waals surface area contributed by atoms with Crippen molar-refractivity contribution in [2.24, 2.45) is 0 Å². The summed E-state index contributed by atoms with van der Waals surface area (Å²) in [5, 5.41) is 22.6. The van der Waals surface area contributed by atoms with Crippen LogP contribution in [0.1, 0.15) is 5.56 Å². The molecule has 0 saturated carbocycles. The normalized spacial score (nSPS) is 10.5. The zero-order valence-electron chi connectivity index (χ0n) is 7.76. The molecule has 0 unspecified atom stereocenters. The molecule has 2 N–H and O–H groups in total. The molecule has 0 radical (unpaired) electrons. The quantitative estimate of drug-likeness (QED) is 0.817. The van der Waals surface area contributed by atoms with Crippen LogP contribution in [-0.4, -0.2) is 20.0 Å². The number of rotatable bonds is 2. The van der Waals surface area contributed by atoms with Crippen molar-refractivity contribution < 1.29 is 10.2 Å². The first-order chi connectivity index (χ1) is 7.22. The summed E-state index contributed by atoms with van der Waals surface area (Å²) in [7, 11) is 0. The van der Waals surface area contributed by atoms with Crippen molar-refractivity contribution in [2.75, 3.05) is 0 Å². The van der Waals surface area contributed by atoms with E-state index in [2.05, 4.69) is 5.10 Å². The fourth-order valence-electron chi connectivity index (χ4n) is 1.28. The van der Waals surface area contributed by atoms with E-state index in [1.165, 1.54) is 10.9 Å². The van der Waals surface area contributed by atoms with Crippen LogP contribution in [-0.2, 0) is 6.61 Å². The van der Waals surface area contributed by atoms with E-state index in [-0.39, 0.29) is 12.4 Å². The molecule has 78 valence electrons. The van der Waals surface area contributed by atoms with E-state index < -0.39 is 0 Å². The molecule has 5 heteroatoms. The summed E-state index contributed by atoms with van der Waals surface area (Å²) in [6.07, 6.45) is 1.49. The molecule has 0 aliphatic rings. The maximum atomic E-state index is 9.30. The minimum absolute atomic E-state index is 0.143. The molecule has 0 aliphatic heterocycles. The van der Waals surface area contributed by atoms with Crippen molar-refractivity contribution in [3.05, 3.63) is 41.2 Å². The highest BCUT2D eigenvalue weighted by molar-refractivity contribution is 6.30. The Morgan fingerprint density at radius 1 is 1.40 bits per heavy atom. The average molecular weight is 225 g/mol. The van der Waals surface area contributed by atoms with Gasteiger partial charge in [-0.2, -0.15) is 5.10 Å². The summed E-state index contributed by atoms with van der Waals surface area (Å²) in [5.74, 6) is 0.143. The van der Waals surface area contributed by atoms with E-state index in [0.29, 0.717) is 16.4 Å². The number of hydrogen-bond donors (Lipinski definition) is 2. The monoisotopic (exact) mass is 224 g/mol. The third-order valence-electron chi connectivity index (χ3n) is 2.02. The number of hydrogen-bond acceptors (Lipinski definition) is 3. The lowest BCUT2D eigenvalue weighted by atomic mass is 10.3. The highest BCUT2D eigenvalue weighted by atomic mass is 35.5. The van der Waals surface area contributed by atoms with E-state index in [9.17, 15) is 5.11 Å². The second kappa shape index (κ2) is 3.92. The summed E-state index contributed by atoms with van der Waals surface area (Å²) in [5.41, 5.74) is 1.21. The first-order valence-corrected chi connectivity index (χ1v) is 4.73. The predicted molar refractivity (Wildman–Crippen MR) is 56.2 cm³/mol. The Morgan fingerprint density at radius 3 is 2.80 bits per heavy atom. The fraction of sp³-hybridized carbons (Fsp3) is 0.100. The van der Waals surface area contributed by atoms with Crippen LogP contribution in [0.15, 0.2) is 30.5 Å². The molecule has 1 aromatic heterocycles. The molecule has 0 amide bonds. The summed E-state index contributed by atoms with van der Waals surface area (Å²) in [6.45, 7) is -0.155. The summed E-state index contributed by atoms with van der Waals surface area (Å²) >= 11 is 5.97. The van der Waals surface area contributed by atoms with Crippen LogP contribution in [0.2, 0.25) is 5.15 Å². The van der Waals surface area contributed by atoms with Crippen molar-refractivity contribution in [1.29, 1.82) is 0 Å². The number of phenolic OH excluding ortho intramolecular Hbond substituents is 1. The summed E-state index contributed by atoms with van der Waals surface area (Å²) < 4.78 is 1.45. The number of aromatic hydroxyl groups is 1. The Hall–Kier alpha value is -1.52. The minimum atomic E-state index is -0.155. The molecule has 1 aromatic carbocycles. The second-order valence-corrected chi connectivity index (χ2v) is 3.41. The Morgan fingerprint density at radius 2 is 2.20 bits per heavy atom. The Labute approximate surface area is 91.4 Å². The predicted octanol–water partition coefficient (Wildman–Crippen LogP) is 1.72. The van der Waals surface area contributed by atoms with Crippen molar-refractivity contribution in [1.82, 2.24) is 9.78 Å². The van der Waals surface area contributed by atoms with Gasteiger partial charge in [-0.1, -0.05) is 17.7 Å².